The minimum atomic E-state index is -0.734. The van der Waals surface area contributed by atoms with E-state index in [2.05, 4.69) is 191 Å². The van der Waals surface area contributed by atoms with Crippen LogP contribution in [0.15, 0.2) is 174 Å². The molecule has 2 aliphatic carbocycles. The standard InChI is InChI=1S/C71H44N8S5/c1-38-6-16-47(17-7-38)70(48-18-8-39(2)9-19-48)56-31-55-57(30-54(56)53-28-46-29-60(80-59(46)32-58(53)70)51-24-15-45(27-43(36-74)37-75-5)65-66(51)78-84-77-65)71(49-20-10-40(3)11-21-49,50-22-12-41(4)13-23-50)63-68(55)82-62-33-61(81-69(62)63)52-25-14-44(26-42(34-72)35-73)64-67(52)79-83-76-64/h6-33H,5,37H2,1-4H3/b43-27+. The number of nitrogens with zero attached hydrogens (tertiary/aromatic N) is 8. The summed E-state index contributed by atoms with van der Waals surface area (Å²) in [5.74, 6) is 0. The van der Waals surface area contributed by atoms with Crippen LogP contribution in [0, 0.1) is 61.7 Å². The van der Waals surface area contributed by atoms with Crippen molar-refractivity contribution in [2.75, 3.05) is 6.54 Å². The zero-order valence-corrected chi connectivity index (χ0v) is 49.8. The molecule has 0 saturated heterocycles. The molecule has 0 bridgehead atoms. The second-order valence-corrected chi connectivity index (χ2v) is 26.1. The quantitative estimate of drug-likeness (QED) is 0.0982. The molecular weight excluding hydrogens is 1130 g/mol. The molecule has 5 heterocycles. The molecule has 0 amide bonds. The van der Waals surface area contributed by atoms with Gasteiger partial charge in [0.15, 0.2) is 0 Å². The van der Waals surface area contributed by atoms with Gasteiger partial charge < -0.3 is 0 Å². The molecule has 0 fully saturated rings. The highest BCUT2D eigenvalue weighted by atomic mass is 32.1. The van der Waals surface area contributed by atoms with E-state index in [1.807, 2.05) is 41.7 Å². The Morgan fingerprint density at radius 1 is 0.476 bits per heavy atom. The largest absolute Gasteiger partial charge is 0.295 e. The molecule has 0 atom stereocenters. The lowest BCUT2D eigenvalue weighted by atomic mass is 9.65. The van der Waals surface area contributed by atoms with Gasteiger partial charge in [0.1, 0.15) is 39.8 Å². The van der Waals surface area contributed by atoms with Crippen molar-refractivity contribution in [3.8, 4) is 60.7 Å². The van der Waals surface area contributed by atoms with Crippen LogP contribution in [-0.2, 0) is 10.8 Å². The molecule has 13 aromatic rings. The first kappa shape index (κ1) is 51.5. The third-order valence-corrected chi connectivity index (χ3v) is 21.6. The van der Waals surface area contributed by atoms with Crippen LogP contribution >= 0.6 is 57.5 Å². The number of rotatable bonds is 10. The maximum Gasteiger partial charge on any atom is 0.130 e. The van der Waals surface area contributed by atoms with E-state index in [1.165, 1.54) is 114 Å². The average Bonchev–Trinajstić information content (AvgIpc) is 1.54. The summed E-state index contributed by atoms with van der Waals surface area (Å²) in [4.78, 5) is 7.40. The Hall–Kier alpha value is -9.36. The van der Waals surface area contributed by atoms with Gasteiger partial charge in [-0.05, 0) is 144 Å². The van der Waals surface area contributed by atoms with Crippen LogP contribution < -0.4 is 0 Å². The van der Waals surface area contributed by atoms with Crippen molar-refractivity contribution in [2.45, 2.75) is 38.5 Å². The number of fused-ring (bicyclic) bond motifs is 11. The number of allylic oxidation sites excluding steroid dienone is 1. The van der Waals surface area contributed by atoms with Crippen molar-refractivity contribution < 1.29 is 0 Å². The van der Waals surface area contributed by atoms with Crippen molar-refractivity contribution in [3.05, 3.63) is 247 Å². The zero-order valence-electron chi connectivity index (χ0n) is 45.7. The molecule has 84 heavy (non-hydrogen) atoms. The van der Waals surface area contributed by atoms with E-state index in [1.54, 1.807) is 28.7 Å². The molecule has 13 heteroatoms. The lowest BCUT2D eigenvalue weighted by Gasteiger charge is -2.35. The highest BCUT2D eigenvalue weighted by Crippen LogP contribution is 2.67. The highest BCUT2D eigenvalue weighted by molar-refractivity contribution is 7.31. The molecule has 0 saturated carbocycles. The van der Waals surface area contributed by atoms with E-state index in [-0.39, 0.29) is 12.1 Å². The monoisotopic (exact) mass is 1170 g/mol. The lowest BCUT2D eigenvalue weighted by molar-refractivity contribution is 0.762. The van der Waals surface area contributed by atoms with Crippen LogP contribution in [0.2, 0.25) is 0 Å². The van der Waals surface area contributed by atoms with Crippen LogP contribution in [0.4, 0.5) is 0 Å². The summed E-state index contributed by atoms with van der Waals surface area (Å²) in [7, 11) is 0. The summed E-state index contributed by atoms with van der Waals surface area (Å²) in [6.07, 6.45) is 3.44. The molecule has 398 valence electrons. The molecule has 0 radical (unpaired) electrons. The Kier molecular flexibility index (Phi) is 12.0. The Labute approximate surface area is 504 Å². The fourth-order valence-corrected chi connectivity index (χ4v) is 18.1. The third-order valence-electron chi connectivity index (χ3n) is 17.0. The summed E-state index contributed by atoms with van der Waals surface area (Å²) in [5, 5.41) is 30.4. The molecule has 0 spiro atoms. The van der Waals surface area contributed by atoms with Crippen molar-refractivity contribution in [1.29, 1.82) is 15.8 Å². The number of hydrogen-bond donors (Lipinski definition) is 0. The minimum absolute atomic E-state index is 0.0167. The van der Waals surface area contributed by atoms with E-state index in [0.717, 1.165) is 60.1 Å². The average molecular weight is 1170 g/mol. The van der Waals surface area contributed by atoms with Gasteiger partial charge in [-0.2, -0.15) is 33.3 Å². The van der Waals surface area contributed by atoms with Gasteiger partial charge in [0.05, 0.1) is 57.2 Å². The van der Waals surface area contributed by atoms with Gasteiger partial charge in [-0.1, -0.05) is 144 Å². The fraction of sp³-hybridized carbons (Fsp3) is 0.0986. The second-order valence-electron chi connectivity index (χ2n) is 21.8. The van der Waals surface area contributed by atoms with Crippen LogP contribution in [0.5, 0.6) is 0 Å². The predicted octanol–water partition coefficient (Wildman–Crippen LogP) is 18.5. The van der Waals surface area contributed by atoms with Crippen molar-refractivity contribution in [3.63, 3.8) is 0 Å². The number of aliphatic imine (C=N–C) groups is 1. The molecule has 2 aliphatic rings. The highest BCUT2D eigenvalue weighted by Gasteiger charge is 2.53. The van der Waals surface area contributed by atoms with Crippen LogP contribution in [0.3, 0.4) is 0 Å². The molecule has 5 aromatic heterocycles. The Bertz CT molecular complexity index is 5030. The maximum absolute atomic E-state index is 9.89. The minimum Gasteiger partial charge on any atom is -0.295 e. The fourth-order valence-electron chi connectivity index (χ4n) is 13.1. The van der Waals surface area contributed by atoms with Gasteiger partial charge in [0.2, 0.25) is 0 Å². The first-order chi connectivity index (χ1) is 41.0. The van der Waals surface area contributed by atoms with Crippen molar-refractivity contribution in [2.24, 2.45) is 4.99 Å². The number of aromatic nitrogens is 4. The van der Waals surface area contributed by atoms with Crippen LogP contribution in [-0.4, -0.2) is 30.8 Å². The van der Waals surface area contributed by atoms with E-state index in [9.17, 15) is 15.8 Å². The van der Waals surface area contributed by atoms with E-state index >= 15 is 0 Å². The topological polar surface area (TPSA) is 135 Å². The molecule has 0 aliphatic heterocycles. The number of benzene rings is 8. The number of thiophene rings is 3. The van der Waals surface area contributed by atoms with Gasteiger partial charge in [0.25, 0.3) is 0 Å². The van der Waals surface area contributed by atoms with E-state index in [0.29, 0.717) is 16.7 Å². The number of nitriles is 3. The van der Waals surface area contributed by atoms with Gasteiger partial charge >= 0.3 is 0 Å². The maximum atomic E-state index is 9.89. The SMILES string of the molecule is C=NC/C(C#N)=C/c1ccc(-c2cc3cc4c(cc3s2)C(c2ccc(C)cc2)(c2ccc(C)cc2)c2cc3c(cc2-4)C(c2ccc(C)cc2)(c2ccc(C)cc2)c2c-3sc3cc(-c4ccc(C=C(C#N)C#N)c5nsnc45)sc23)c2nsnc12. The van der Waals surface area contributed by atoms with Gasteiger partial charge in [0, 0.05) is 51.8 Å². The first-order valence-electron chi connectivity index (χ1n) is 27.2. The Morgan fingerprint density at radius 3 is 1.49 bits per heavy atom. The van der Waals surface area contributed by atoms with Crippen molar-refractivity contribution >= 4 is 118 Å². The normalized spacial score (nSPS) is 13.6. The summed E-state index contributed by atoms with van der Waals surface area (Å²) in [5.41, 5.74) is 23.8. The second kappa shape index (κ2) is 19.6. The third kappa shape index (κ3) is 7.59. The zero-order chi connectivity index (χ0) is 57.2. The predicted molar refractivity (Wildman–Crippen MR) is 349 cm³/mol. The number of aryl methyl sites for hydroxylation is 4. The Balaban J connectivity index is 1.01. The summed E-state index contributed by atoms with van der Waals surface area (Å²) >= 11 is 7.76. The van der Waals surface area contributed by atoms with Gasteiger partial charge in [-0.3, -0.25) is 4.99 Å². The Morgan fingerprint density at radius 2 is 0.952 bits per heavy atom. The molecule has 15 rings (SSSR count). The van der Waals surface area contributed by atoms with Crippen LogP contribution in [0.25, 0.3) is 96.2 Å². The smallest absolute Gasteiger partial charge is 0.130 e. The van der Waals surface area contributed by atoms with Crippen molar-refractivity contribution in [1.82, 2.24) is 17.5 Å². The lowest BCUT2D eigenvalue weighted by Crippen LogP contribution is -2.30. The number of hydrogen-bond acceptors (Lipinski definition) is 13. The van der Waals surface area contributed by atoms with E-state index in [4.69, 9.17) is 17.5 Å². The molecule has 0 unspecified atom stereocenters. The summed E-state index contributed by atoms with van der Waals surface area (Å²) in [6, 6.07) is 66.0. The summed E-state index contributed by atoms with van der Waals surface area (Å²) in [6.45, 7) is 12.5. The molecule has 8 aromatic carbocycles. The molecular formula is C71H44N8S5. The van der Waals surface area contributed by atoms with Gasteiger partial charge in [-0.25, -0.2) is 0 Å². The summed E-state index contributed by atoms with van der Waals surface area (Å²) < 4.78 is 22.7. The molecule has 0 N–H and O–H groups in total. The van der Waals surface area contributed by atoms with E-state index < -0.39 is 10.8 Å². The van der Waals surface area contributed by atoms with Gasteiger partial charge in [-0.15, -0.1) is 34.0 Å². The molecule has 8 nitrogen and oxygen atoms in total. The first-order valence-corrected chi connectivity index (χ1v) is 31.1. The van der Waals surface area contributed by atoms with Crippen LogP contribution in [0.1, 0.15) is 77.9 Å².